The van der Waals surface area contributed by atoms with E-state index in [9.17, 15) is 14.4 Å². The minimum absolute atomic E-state index is 0.190. The molecule has 37 heavy (non-hydrogen) atoms. The zero-order valence-electron chi connectivity index (χ0n) is 20.5. The number of rotatable bonds is 5. The number of carbonyl (C=O) groups excluding carboxylic acids is 2. The zero-order valence-corrected chi connectivity index (χ0v) is 20.5. The van der Waals surface area contributed by atoms with Crippen LogP contribution < -0.4 is 19.6 Å². The molecule has 0 amide bonds. The lowest BCUT2D eigenvalue weighted by Gasteiger charge is -2.11. The smallest absolute Gasteiger partial charge is 0.347 e. The maximum absolute atomic E-state index is 13.4. The zero-order chi connectivity index (χ0) is 26.3. The van der Waals surface area contributed by atoms with Gasteiger partial charge in [-0.25, -0.2) is 4.79 Å². The summed E-state index contributed by atoms with van der Waals surface area (Å²) in [5, 5.41) is 0.785. The Morgan fingerprint density at radius 3 is 2.24 bits per heavy atom. The average Bonchev–Trinajstić information content (AvgIpc) is 3.18. The average molecular weight is 498 g/mol. The van der Waals surface area contributed by atoms with Crippen LogP contribution in [0.15, 0.2) is 74.3 Å². The highest BCUT2D eigenvalue weighted by Crippen LogP contribution is 2.33. The molecule has 0 N–H and O–H groups in total. The van der Waals surface area contributed by atoms with E-state index in [0.717, 1.165) is 0 Å². The molecule has 0 saturated heterocycles. The quantitative estimate of drug-likeness (QED) is 0.215. The summed E-state index contributed by atoms with van der Waals surface area (Å²) in [6.07, 6.45) is 0. The number of esters is 2. The highest BCUT2D eigenvalue weighted by atomic mass is 16.5. The molecule has 5 aromatic rings. The van der Waals surface area contributed by atoms with Crippen LogP contribution in [0.1, 0.15) is 28.8 Å². The van der Waals surface area contributed by atoms with Crippen LogP contribution in [-0.4, -0.2) is 19.0 Å². The summed E-state index contributed by atoms with van der Waals surface area (Å²) in [5.41, 5.74) is 1.73. The molecule has 0 fully saturated rings. The van der Waals surface area contributed by atoms with Gasteiger partial charge in [0.05, 0.1) is 18.1 Å². The summed E-state index contributed by atoms with van der Waals surface area (Å²) in [6, 6.07) is 16.5. The van der Waals surface area contributed by atoms with Crippen molar-refractivity contribution < 1.29 is 32.6 Å². The molecule has 8 heteroatoms. The Hall–Kier alpha value is -4.85. The van der Waals surface area contributed by atoms with Crippen LogP contribution >= 0.6 is 0 Å². The maximum Gasteiger partial charge on any atom is 0.347 e. The molecule has 5 rings (SSSR count). The number of methoxy groups -OCH3 is 1. The molecule has 0 bridgehead atoms. The minimum atomic E-state index is -0.666. The van der Waals surface area contributed by atoms with Crippen molar-refractivity contribution in [1.29, 1.82) is 0 Å². The van der Waals surface area contributed by atoms with Gasteiger partial charge in [0.25, 0.3) is 0 Å². The van der Waals surface area contributed by atoms with Crippen molar-refractivity contribution in [1.82, 2.24) is 0 Å². The predicted octanol–water partition coefficient (Wildman–Crippen LogP) is 5.98. The van der Waals surface area contributed by atoms with Crippen molar-refractivity contribution in [3.05, 3.63) is 88.0 Å². The van der Waals surface area contributed by atoms with Gasteiger partial charge >= 0.3 is 11.9 Å². The Bertz CT molecular complexity index is 1760. The number of ether oxygens (including phenoxy) is 3. The number of aryl methyl sites for hydroxylation is 2. The van der Waals surface area contributed by atoms with Gasteiger partial charge in [-0.3, -0.25) is 9.59 Å². The van der Waals surface area contributed by atoms with E-state index < -0.39 is 11.9 Å². The standard InChI is InChI=1S/C29H22O8/c1-15-26(20-7-5-6-8-23(20)33-4)28(31)21-11-9-19(14-25(21)35-15)37-29(32)27-16(2)34-24-12-10-18(13-22(24)27)36-17(3)30/h5-14H,1-4H3. The maximum atomic E-state index is 13.4. The van der Waals surface area contributed by atoms with E-state index in [2.05, 4.69) is 0 Å². The second kappa shape index (κ2) is 9.31. The lowest BCUT2D eigenvalue weighted by molar-refractivity contribution is -0.131. The molecule has 2 aromatic heterocycles. The Kier molecular flexibility index (Phi) is 6.01. The number of benzene rings is 3. The van der Waals surface area contributed by atoms with Crippen LogP contribution in [-0.2, 0) is 4.79 Å². The molecule has 0 spiro atoms. The first-order valence-electron chi connectivity index (χ1n) is 11.4. The van der Waals surface area contributed by atoms with Crippen LogP contribution in [0.2, 0.25) is 0 Å². The molecule has 0 radical (unpaired) electrons. The number of para-hydroxylation sites is 1. The second-order valence-corrected chi connectivity index (χ2v) is 8.39. The van der Waals surface area contributed by atoms with Crippen molar-refractivity contribution in [3.8, 4) is 28.4 Å². The van der Waals surface area contributed by atoms with Crippen LogP contribution in [0.3, 0.4) is 0 Å². The van der Waals surface area contributed by atoms with Crippen LogP contribution in [0.25, 0.3) is 33.1 Å². The van der Waals surface area contributed by atoms with E-state index in [4.69, 9.17) is 23.0 Å². The van der Waals surface area contributed by atoms with Gasteiger partial charge < -0.3 is 23.0 Å². The highest BCUT2D eigenvalue weighted by Gasteiger charge is 2.22. The van der Waals surface area contributed by atoms with Crippen molar-refractivity contribution in [3.63, 3.8) is 0 Å². The third-order valence-corrected chi connectivity index (χ3v) is 5.93. The van der Waals surface area contributed by atoms with E-state index in [1.807, 2.05) is 12.1 Å². The fraction of sp³-hybridized carbons (Fsp3) is 0.138. The molecular formula is C29H22O8. The van der Waals surface area contributed by atoms with Crippen molar-refractivity contribution in [2.75, 3.05) is 7.11 Å². The SMILES string of the molecule is COc1ccccc1-c1c(C)oc2cc(OC(=O)c3c(C)oc4ccc(OC(C)=O)cc34)ccc2c1=O. The highest BCUT2D eigenvalue weighted by molar-refractivity contribution is 6.06. The lowest BCUT2D eigenvalue weighted by Crippen LogP contribution is -2.11. The Labute approximate surface area is 211 Å². The minimum Gasteiger partial charge on any atom is -0.496 e. The Morgan fingerprint density at radius 1 is 0.784 bits per heavy atom. The molecule has 186 valence electrons. The van der Waals surface area contributed by atoms with E-state index >= 15 is 0 Å². The molecular weight excluding hydrogens is 476 g/mol. The largest absolute Gasteiger partial charge is 0.496 e. The summed E-state index contributed by atoms with van der Waals surface area (Å²) < 4.78 is 27.8. The van der Waals surface area contributed by atoms with E-state index in [1.54, 1.807) is 57.4 Å². The fourth-order valence-electron chi connectivity index (χ4n) is 4.35. The Balaban J connectivity index is 1.52. The number of carbonyl (C=O) groups is 2. The number of hydrogen-bond donors (Lipinski definition) is 0. The molecule has 0 aliphatic rings. The summed E-state index contributed by atoms with van der Waals surface area (Å²) in [6.45, 7) is 4.63. The first-order valence-corrected chi connectivity index (χ1v) is 11.4. The van der Waals surface area contributed by atoms with Gasteiger partial charge in [0.2, 0.25) is 5.43 Å². The van der Waals surface area contributed by atoms with Gasteiger partial charge in [-0.2, -0.15) is 0 Å². The van der Waals surface area contributed by atoms with Gasteiger partial charge in [-0.1, -0.05) is 18.2 Å². The summed E-state index contributed by atoms with van der Waals surface area (Å²) in [4.78, 5) is 37.8. The van der Waals surface area contributed by atoms with Crippen molar-refractivity contribution >= 4 is 33.9 Å². The Morgan fingerprint density at radius 2 is 1.49 bits per heavy atom. The van der Waals surface area contributed by atoms with Gasteiger partial charge in [0.1, 0.15) is 45.5 Å². The third kappa shape index (κ3) is 4.33. The molecule has 8 nitrogen and oxygen atoms in total. The lowest BCUT2D eigenvalue weighted by atomic mass is 10.0. The normalized spacial score (nSPS) is 11.0. The first-order chi connectivity index (χ1) is 17.8. The molecule has 0 aliphatic carbocycles. The van der Waals surface area contributed by atoms with Gasteiger partial charge in [-0.15, -0.1) is 0 Å². The van der Waals surface area contributed by atoms with E-state index in [-0.39, 0.29) is 28.1 Å². The van der Waals surface area contributed by atoms with E-state index in [1.165, 1.54) is 19.1 Å². The third-order valence-electron chi connectivity index (χ3n) is 5.93. The molecule has 3 aromatic carbocycles. The monoisotopic (exact) mass is 498 g/mol. The number of fused-ring (bicyclic) bond motifs is 2. The molecule has 0 atom stereocenters. The van der Waals surface area contributed by atoms with Gasteiger partial charge in [0, 0.05) is 23.9 Å². The van der Waals surface area contributed by atoms with Crippen molar-refractivity contribution in [2.24, 2.45) is 0 Å². The predicted molar refractivity (Wildman–Crippen MR) is 136 cm³/mol. The second-order valence-electron chi connectivity index (χ2n) is 8.39. The van der Waals surface area contributed by atoms with Crippen LogP contribution in [0.5, 0.6) is 17.2 Å². The van der Waals surface area contributed by atoms with E-state index in [0.29, 0.717) is 44.8 Å². The number of furan rings is 1. The summed E-state index contributed by atoms with van der Waals surface area (Å²) in [5.74, 6) is 0.636. The molecule has 2 heterocycles. The molecule has 0 aliphatic heterocycles. The summed E-state index contributed by atoms with van der Waals surface area (Å²) >= 11 is 0. The van der Waals surface area contributed by atoms with Gasteiger partial charge in [0.15, 0.2) is 0 Å². The molecule has 0 saturated carbocycles. The fourth-order valence-corrected chi connectivity index (χ4v) is 4.35. The first kappa shape index (κ1) is 23.9. The summed E-state index contributed by atoms with van der Waals surface area (Å²) in [7, 11) is 1.54. The van der Waals surface area contributed by atoms with Crippen molar-refractivity contribution in [2.45, 2.75) is 20.8 Å². The van der Waals surface area contributed by atoms with Gasteiger partial charge in [-0.05, 0) is 50.2 Å². The molecule has 0 unspecified atom stereocenters. The topological polar surface area (TPSA) is 105 Å². The van der Waals surface area contributed by atoms with Crippen LogP contribution in [0.4, 0.5) is 0 Å². The van der Waals surface area contributed by atoms with Crippen LogP contribution in [0, 0.1) is 13.8 Å². The number of hydrogen-bond acceptors (Lipinski definition) is 8.